The number of aryl methyl sites for hydroxylation is 1. The van der Waals surface area contributed by atoms with Crippen molar-refractivity contribution in [1.29, 1.82) is 0 Å². The maximum absolute atomic E-state index is 13.0. The molecule has 3 heterocycles. The molecule has 2 aliphatic heterocycles. The van der Waals surface area contributed by atoms with Gasteiger partial charge < -0.3 is 9.32 Å². The smallest absolute Gasteiger partial charge is 0.227 e. The highest BCUT2D eigenvalue weighted by Gasteiger charge is 2.47. The standard InChI is InChI=1S/C20H24N2O4S/c1-15-5-2-3-6-16(15)11-20(23)22-9-8-21(12-17-7-4-10-26-17)18-13-27(24,25)14-19(18)22/h2-7,10,18-19H,8-9,11-14H2,1H3/t18-,19+/m1/s1. The van der Waals surface area contributed by atoms with Gasteiger partial charge in [0, 0.05) is 19.1 Å². The van der Waals surface area contributed by atoms with E-state index < -0.39 is 9.84 Å². The Balaban J connectivity index is 1.53. The molecule has 2 saturated heterocycles. The Kier molecular flexibility index (Phi) is 4.82. The van der Waals surface area contributed by atoms with Gasteiger partial charge in [-0.25, -0.2) is 8.42 Å². The molecule has 0 bridgehead atoms. The van der Waals surface area contributed by atoms with Gasteiger partial charge in [0.05, 0.1) is 36.8 Å². The number of furan rings is 1. The molecule has 6 nitrogen and oxygen atoms in total. The second-order valence-corrected chi connectivity index (χ2v) is 9.61. The number of rotatable bonds is 4. The molecule has 0 saturated carbocycles. The molecule has 1 amide bonds. The van der Waals surface area contributed by atoms with E-state index in [1.54, 1.807) is 11.2 Å². The van der Waals surface area contributed by atoms with Crippen molar-refractivity contribution >= 4 is 15.7 Å². The van der Waals surface area contributed by atoms with Crippen LogP contribution in [0.25, 0.3) is 0 Å². The minimum Gasteiger partial charge on any atom is -0.468 e. The highest BCUT2D eigenvalue weighted by atomic mass is 32.2. The zero-order valence-electron chi connectivity index (χ0n) is 15.4. The number of hydrogen-bond acceptors (Lipinski definition) is 5. The summed E-state index contributed by atoms with van der Waals surface area (Å²) in [6, 6.07) is 11.1. The first-order chi connectivity index (χ1) is 12.9. The van der Waals surface area contributed by atoms with Gasteiger partial charge in [-0.2, -0.15) is 0 Å². The molecule has 0 unspecified atom stereocenters. The van der Waals surface area contributed by atoms with Crippen molar-refractivity contribution < 1.29 is 17.6 Å². The molecule has 0 radical (unpaired) electrons. The molecule has 2 fully saturated rings. The fraction of sp³-hybridized carbons (Fsp3) is 0.450. The molecule has 27 heavy (non-hydrogen) atoms. The number of sulfone groups is 1. The lowest BCUT2D eigenvalue weighted by Gasteiger charge is -2.43. The van der Waals surface area contributed by atoms with Gasteiger partial charge in [0.2, 0.25) is 5.91 Å². The minimum absolute atomic E-state index is 0.00838. The summed E-state index contributed by atoms with van der Waals surface area (Å²) < 4.78 is 30.1. The normalized spacial score (nSPS) is 24.7. The number of hydrogen-bond donors (Lipinski definition) is 0. The van der Waals surface area contributed by atoms with Gasteiger partial charge in [-0.05, 0) is 30.2 Å². The summed E-state index contributed by atoms with van der Waals surface area (Å²) in [5, 5.41) is 0. The zero-order chi connectivity index (χ0) is 19.0. The van der Waals surface area contributed by atoms with Gasteiger partial charge >= 0.3 is 0 Å². The summed E-state index contributed by atoms with van der Waals surface area (Å²) >= 11 is 0. The van der Waals surface area contributed by atoms with Crippen LogP contribution in [0.5, 0.6) is 0 Å². The Labute approximate surface area is 159 Å². The average Bonchev–Trinajstić information content (AvgIpc) is 3.23. The Morgan fingerprint density at radius 1 is 1.11 bits per heavy atom. The van der Waals surface area contributed by atoms with E-state index in [0.717, 1.165) is 16.9 Å². The van der Waals surface area contributed by atoms with Gasteiger partial charge in [-0.3, -0.25) is 9.69 Å². The summed E-state index contributed by atoms with van der Waals surface area (Å²) in [6.07, 6.45) is 1.94. The molecule has 2 atom stereocenters. The SMILES string of the molecule is Cc1ccccc1CC(=O)N1CCN(Cc2ccco2)[C@@H]2CS(=O)(=O)C[C@@H]21. The van der Waals surface area contributed by atoms with Crippen LogP contribution in [0.1, 0.15) is 16.9 Å². The van der Waals surface area contributed by atoms with Crippen LogP contribution in [-0.4, -0.2) is 60.8 Å². The molecular formula is C20H24N2O4S. The number of amides is 1. The van der Waals surface area contributed by atoms with E-state index >= 15 is 0 Å². The predicted octanol–water partition coefficient (Wildman–Crippen LogP) is 1.64. The topological polar surface area (TPSA) is 70.8 Å². The van der Waals surface area contributed by atoms with E-state index in [1.807, 2.05) is 43.3 Å². The number of carbonyl (C=O) groups is 1. The van der Waals surface area contributed by atoms with Gasteiger partial charge in [-0.1, -0.05) is 24.3 Å². The largest absolute Gasteiger partial charge is 0.468 e. The molecule has 144 valence electrons. The van der Waals surface area contributed by atoms with Crippen LogP contribution >= 0.6 is 0 Å². The highest BCUT2D eigenvalue weighted by Crippen LogP contribution is 2.29. The average molecular weight is 388 g/mol. The first kappa shape index (κ1) is 18.3. The minimum atomic E-state index is -3.15. The summed E-state index contributed by atoms with van der Waals surface area (Å²) in [6.45, 7) is 3.76. The van der Waals surface area contributed by atoms with Crippen molar-refractivity contribution in [3.05, 3.63) is 59.5 Å². The molecule has 1 aromatic carbocycles. The molecule has 7 heteroatoms. The highest BCUT2D eigenvalue weighted by molar-refractivity contribution is 7.91. The van der Waals surface area contributed by atoms with Crippen molar-refractivity contribution in [3.8, 4) is 0 Å². The number of nitrogens with zero attached hydrogens (tertiary/aromatic N) is 2. The fourth-order valence-corrected chi connectivity index (χ4v) is 6.22. The number of piperazine rings is 1. The van der Waals surface area contributed by atoms with Crippen molar-refractivity contribution in [2.75, 3.05) is 24.6 Å². The third-order valence-electron chi connectivity index (χ3n) is 5.65. The molecule has 2 aromatic rings. The van der Waals surface area contributed by atoms with E-state index in [0.29, 0.717) is 26.1 Å². The Bertz CT molecular complexity index is 923. The van der Waals surface area contributed by atoms with Crippen LogP contribution in [0.3, 0.4) is 0 Å². The number of fused-ring (bicyclic) bond motifs is 1. The van der Waals surface area contributed by atoms with Crippen molar-refractivity contribution in [3.63, 3.8) is 0 Å². The zero-order valence-corrected chi connectivity index (χ0v) is 16.2. The molecular weight excluding hydrogens is 364 g/mol. The van der Waals surface area contributed by atoms with Crippen LogP contribution in [0.2, 0.25) is 0 Å². The van der Waals surface area contributed by atoms with Crippen molar-refractivity contribution in [1.82, 2.24) is 9.80 Å². The summed E-state index contributed by atoms with van der Waals surface area (Å²) in [4.78, 5) is 16.9. The Morgan fingerprint density at radius 3 is 2.63 bits per heavy atom. The molecule has 0 aliphatic carbocycles. The third kappa shape index (κ3) is 3.80. The second kappa shape index (κ2) is 7.13. The predicted molar refractivity (Wildman–Crippen MR) is 102 cm³/mol. The number of carbonyl (C=O) groups excluding carboxylic acids is 1. The van der Waals surface area contributed by atoms with Crippen LogP contribution in [-0.2, 0) is 27.6 Å². The van der Waals surface area contributed by atoms with Gasteiger partial charge in [0.1, 0.15) is 5.76 Å². The lowest BCUT2D eigenvalue weighted by Crippen LogP contribution is -2.60. The summed E-state index contributed by atoms with van der Waals surface area (Å²) in [5.41, 5.74) is 2.08. The lowest BCUT2D eigenvalue weighted by atomic mass is 10.0. The second-order valence-electron chi connectivity index (χ2n) is 7.45. The van der Waals surface area contributed by atoms with Crippen LogP contribution < -0.4 is 0 Å². The third-order valence-corrected chi connectivity index (χ3v) is 7.35. The Morgan fingerprint density at radius 2 is 1.89 bits per heavy atom. The summed E-state index contributed by atoms with van der Waals surface area (Å²) in [7, 11) is -3.15. The summed E-state index contributed by atoms with van der Waals surface area (Å²) in [5.74, 6) is 0.977. The Hall–Kier alpha value is -2.12. The maximum atomic E-state index is 13.0. The number of benzene rings is 1. The van der Waals surface area contributed by atoms with Gasteiger partial charge in [-0.15, -0.1) is 0 Å². The van der Waals surface area contributed by atoms with Gasteiger partial charge in [0.25, 0.3) is 0 Å². The van der Waals surface area contributed by atoms with Crippen LogP contribution in [0.4, 0.5) is 0 Å². The van der Waals surface area contributed by atoms with Gasteiger partial charge in [0.15, 0.2) is 9.84 Å². The van der Waals surface area contributed by atoms with E-state index in [9.17, 15) is 13.2 Å². The van der Waals surface area contributed by atoms with Crippen LogP contribution in [0.15, 0.2) is 47.1 Å². The van der Waals surface area contributed by atoms with Crippen molar-refractivity contribution in [2.24, 2.45) is 0 Å². The van der Waals surface area contributed by atoms with Crippen molar-refractivity contribution in [2.45, 2.75) is 32.0 Å². The molecule has 2 aliphatic rings. The van der Waals surface area contributed by atoms with E-state index in [2.05, 4.69) is 4.90 Å². The molecule has 0 spiro atoms. The van der Waals surface area contributed by atoms with E-state index in [-0.39, 0.29) is 29.5 Å². The molecule has 1 aromatic heterocycles. The van der Waals surface area contributed by atoms with E-state index in [1.165, 1.54) is 0 Å². The molecule has 4 rings (SSSR count). The first-order valence-corrected chi connectivity index (χ1v) is 11.1. The van der Waals surface area contributed by atoms with E-state index in [4.69, 9.17) is 4.42 Å². The molecule has 0 N–H and O–H groups in total. The fourth-order valence-electron chi connectivity index (χ4n) is 4.21. The monoisotopic (exact) mass is 388 g/mol. The quantitative estimate of drug-likeness (QED) is 0.796. The van der Waals surface area contributed by atoms with Crippen LogP contribution in [0, 0.1) is 6.92 Å². The lowest BCUT2D eigenvalue weighted by molar-refractivity contribution is -0.136. The maximum Gasteiger partial charge on any atom is 0.227 e. The first-order valence-electron chi connectivity index (χ1n) is 9.24.